The van der Waals surface area contributed by atoms with Crippen molar-refractivity contribution in [1.82, 2.24) is 19.9 Å². The Morgan fingerprint density at radius 1 is 1.24 bits per heavy atom. The van der Waals surface area contributed by atoms with Crippen LogP contribution < -0.4 is 9.64 Å². The number of halogens is 3. The van der Waals surface area contributed by atoms with Crippen LogP contribution in [0.4, 0.5) is 19.0 Å². The summed E-state index contributed by atoms with van der Waals surface area (Å²) in [4.78, 5) is 15.4. The fraction of sp³-hybridized carbons (Fsp3) is 0.609. The van der Waals surface area contributed by atoms with E-state index in [9.17, 15) is 14.6 Å². The highest BCUT2D eigenvalue weighted by Crippen LogP contribution is 2.47. The Balaban J connectivity index is 1.61. The Morgan fingerprint density at radius 2 is 2.03 bits per heavy atom. The average Bonchev–Trinajstić information content (AvgIpc) is 3.28. The van der Waals surface area contributed by atoms with Crippen LogP contribution in [0.3, 0.4) is 0 Å². The summed E-state index contributed by atoms with van der Waals surface area (Å²) in [6.07, 6.45) is 3.70. The van der Waals surface area contributed by atoms with E-state index in [1.54, 1.807) is 17.9 Å². The van der Waals surface area contributed by atoms with Crippen LogP contribution >= 0.6 is 0 Å². The summed E-state index contributed by atoms with van der Waals surface area (Å²) in [5.74, 6) is -3.91. The first-order valence-electron chi connectivity index (χ1n) is 11.5. The second kappa shape index (κ2) is 8.31. The lowest BCUT2D eigenvalue weighted by Crippen LogP contribution is -2.62. The van der Waals surface area contributed by atoms with E-state index in [0.717, 1.165) is 0 Å². The van der Waals surface area contributed by atoms with Gasteiger partial charge in [0.25, 0.3) is 0 Å². The highest BCUT2D eigenvalue weighted by molar-refractivity contribution is 5.90. The van der Waals surface area contributed by atoms with Gasteiger partial charge in [0, 0.05) is 31.6 Å². The van der Waals surface area contributed by atoms with E-state index >= 15 is 8.78 Å². The molecule has 0 amide bonds. The molecule has 11 heteroatoms. The number of aliphatic hydroxyl groups is 2. The number of aromatic nitrogens is 3. The van der Waals surface area contributed by atoms with Crippen molar-refractivity contribution in [2.75, 3.05) is 24.5 Å². The minimum Gasteiger partial charge on any atom is -0.404 e. The van der Waals surface area contributed by atoms with Crippen molar-refractivity contribution in [3.05, 3.63) is 29.9 Å². The van der Waals surface area contributed by atoms with Gasteiger partial charge in [-0.3, -0.25) is 9.88 Å². The van der Waals surface area contributed by atoms with Crippen molar-refractivity contribution in [2.24, 2.45) is 5.92 Å². The molecule has 5 heterocycles. The number of anilines is 1. The summed E-state index contributed by atoms with van der Waals surface area (Å²) in [5, 5.41) is 22.2. The Bertz CT molecular complexity index is 1130. The third kappa shape index (κ3) is 3.61. The van der Waals surface area contributed by atoms with Gasteiger partial charge >= 0.3 is 12.0 Å². The molecule has 2 aromatic heterocycles. The molecule has 2 N–H and O–H groups in total. The quantitative estimate of drug-likeness (QED) is 0.393. The third-order valence-electron chi connectivity index (χ3n) is 7.28. The monoisotopic (exact) mass is 479 g/mol. The summed E-state index contributed by atoms with van der Waals surface area (Å²) < 4.78 is 50.1. The van der Waals surface area contributed by atoms with Crippen molar-refractivity contribution in [3.63, 3.8) is 0 Å². The molecule has 2 saturated heterocycles. The Kier molecular flexibility index (Phi) is 5.69. The van der Waals surface area contributed by atoms with E-state index in [2.05, 4.69) is 15.0 Å². The molecule has 0 aliphatic carbocycles. The van der Waals surface area contributed by atoms with E-state index in [-0.39, 0.29) is 47.8 Å². The zero-order chi connectivity index (χ0) is 24.3. The average molecular weight is 480 g/mol. The summed E-state index contributed by atoms with van der Waals surface area (Å²) >= 11 is 0. The number of hydrogen-bond donors (Lipinski definition) is 2. The van der Waals surface area contributed by atoms with Crippen molar-refractivity contribution >= 4 is 16.7 Å². The van der Waals surface area contributed by atoms with Gasteiger partial charge in [-0.15, -0.1) is 0 Å². The molecule has 0 aromatic carbocycles. The van der Waals surface area contributed by atoms with Crippen LogP contribution in [0.15, 0.2) is 18.3 Å². The molecule has 0 spiro atoms. The van der Waals surface area contributed by atoms with Crippen LogP contribution in [-0.4, -0.2) is 73.7 Å². The maximum Gasteiger partial charge on any atom is 0.344 e. The van der Waals surface area contributed by atoms with Gasteiger partial charge in [0.05, 0.1) is 11.1 Å². The highest BCUT2D eigenvalue weighted by atomic mass is 19.1. The molecule has 3 unspecified atom stereocenters. The second-order valence-electron chi connectivity index (χ2n) is 9.55. The van der Waals surface area contributed by atoms with Gasteiger partial charge in [0.15, 0.2) is 12.1 Å². The minimum absolute atomic E-state index is 0.0312. The maximum atomic E-state index is 15.4. The second-order valence-corrected chi connectivity index (χ2v) is 9.55. The smallest absolute Gasteiger partial charge is 0.344 e. The number of allylic oxidation sites excluding steroid dienone is 1. The van der Waals surface area contributed by atoms with Crippen LogP contribution in [0.1, 0.15) is 38.3 Å². The molecule has 3 aliphatic rings. The fourth-order valence-electron chi connectivity index (χ4n) is 5.43. The standard InChI is InChI=1S/C23H28F3N5O3/c1-13-6-3-4-9-31(19(13)26)20-16-11-27-14(2)17(25)18(16)28-21(29-20)34-23(32,33)22-7-5-8-30(22)12-15(24)10-22/h3-4,11,13,15,19,32-33H,5-10,12H2,1-2H3/t13?,15?,19?,22-/m0/s1. The number of fused-ring (bicyclic) bond motifs is 2. The maximum absolute atomic E-state index is 15.4. The SMILES string of the molecule is Cc1ncc2c(N3CC=CCC(C)C3F)nc(OC(O)(O)[C@@]34CCCN3CC(F)C4)nc2c1F. The largest absolute Gasteiger partial charge is 0.404 e. The van der Waals surface area contributed by atoms with E-state index in [1.165, 1.54) is 18.0 Å². The van der Waals surface area contributed by atoms with Crippen LogP contribution in [0, 0.1) is 18.7 Å². The zero-order valence-corrected chi connectivity index (χ0v) is 19.1. The number of ether oxygens (including phenoxy) is 1. The molecule has 8 nitrogen and oxygen atoms in total. The summed E-state index contributed by atoms with van der Waals surface area (Å²) in [6.45, 7) is 3.94. The van der Waals surface area contributed by atoms with Crippen LogP contribution in [-0.2, 0) is 0 Å². The van der Waals surface area contributed by atoms with Crippen LogP contribution in [0.5, 0.6) is 6.01 Å². The van der Waals surface area contributed by atoms with Gasteiger partial charge < -0.3 is 19.8 Å². The minimum atomic E-state index is -2.84. The summed E-state index contributed by atoms with van der Waals surface area (Å²) in [6, 6.07) is -0.534. The molecular formula is C23H28F3N5O3. The molecule has 2 aromatic rings. The van der Waals surface area contributed by atoms with Gasteiger partial charge in [-0.2, -0.15) is 9.97 Å². The van der Waals surface area contributed by atoms with Crippen LogP contribution in [0.2, 0.25) is 0 Å². The molecule has 184 valence electrons. The lowest BCUT2D eigenvalue weighted by atomic mass is 9.90. The summed E-state index contributed by atoms with van der Waals surface area (Å²) in [5.41, 5.74) is -1.48. The summed E-state index contributed by atoms with van der Waals surface area (Å²) in [7, 11) is 0. The zero-order valence-electron chi connectivity index (χ0n) is 19.1. The molecule has 2 fully saturated rings. The third-order valence-corrected chi connectivity index (χ3v) is 7.28. The molecule has 0 bridgehead atoms. The van der Waals surface area contributed by atoms with Crippen molar-refractivity contribution in [1.29, 1.82) is 0 Å². The van der Waals surface area contributed by atoms with E-state index in [1.807, 2.05) is 6.08 Å². The Hall–Kier alpha value is -2.50. The number of nitrogens with zero attached hydrogens (tertiary/aromatic N) is 5. The lowest BCUT2D eigenvalue weighted by molar-refractivity contribution is -0.349. The first-order valence-corrected chi connectivity index (χ1v) is 11.5. The predicted molar refractivity (Wildman–Crippen MR) is 118 cm³/mol. The fourth-order valence-corrected chi connectivity index (χ4v) is 5.43. The van der Waals surface area contributed by atoms with Gasteiger partial charge in [0.2, 0.25) is 0 Å². The van der Waals surface area contributed by atoms with E-state index in [0.29, 0.717) is 25.8 Å². The molecule has 3 aliphatic heterocycles. The predicted octanol–water partition coefficient (Wildman–Crippen LogP) is 2.76. The molecule has 4 atom stereocenters. The Morgan fingerprint density at radius 3 is 2.82 bits per heavy atom. The number of aryl methyl sites for hydroxylation is 1. The molecule has 0 saturated carbocycles. The van der Waals surface area contributed by atoms with Gasteiger partial charge in [-0.1, -0.05) is 19.1 Å². The van der Waals surface area contributed by atoms with Crippen LogP contribution in [0.25, 0.3) is 10.9 Å². The number of alkyl halides is 2. The molecule has 0 radical (unpaired) electrons. The van der Waals surface area contributed by atoms with Gasteiger partial charge in [-0.25, -0.2) is 13.2 Å². The normalized spacial score (nSPS) is 30.1. The highest BCUT2D eigenvalue weighted by Gasteiger charge is 2.63. The first-order chi connectivity index (χ1) is 16.1. The number of hydrogen-bond acceptors (Lipinski definition) is 8. The van der Waals surface area contributed by atoms with Crippen molar-refractivity contribution < 1.29 is 28.1 Å². The van der Waals surface area contributed by atoms with E-state index < -0.39 is 35.8 Å². The van der Waals surface area contributed by atoms with Crippen molar-refractivity contribution in [3.8, 4) is 6.01 Å². The lowest BCUT2D eigenvalue weighted by Gasteiger charge is -2.41. The first kappa shape index (κ1) is 23.3. The number of rotatable bonds is 4. The topological polar surface area (TPSA) is 94.8 Å². The molecule has 5 rings (SSSR count). The number of pyridine rings is 1. The van der Waals surface area contributed by atoms with Gasteiger partial charge in [-0.05, 0) is 32.7 Å². The molecular weight excluding hydrogens is 451 g/mol. The van der Waals surface area contributed by atoms with Gasteiger partial charge in [0.1, 0.15) is 23.0 Å². The molecule has 34 heavy (non-hydrogen) atoms. The Labute approximate surface area is 195 Å². The van der Waals surface area contributed by atoms with Crippen molar-refractivity contribution in [2.45, 2.75) is 63.5 Å². The van der Waals surface area contributed by atoms with E-state index in [4.69, 9.17) is 4.74 Å².